The van der Waals surface area contributed by atoms with Gasteiger partial charge in [-0.25, -0.2) is 18.1 Å². The molecule has 3 N–H and O–H groups in total. The summed E-state index contributed by atoms with van der Waals surface area (Å²) in [5.41, 5.74) is 0.428. The molecule has 0 unspecified atom stereocenters. The second-order valence-electron chi connectivity index (χ2n) is 4.22. The van der Waals surface area contributed by atoms with Gasteiger partial charge >= 0.3 is 0 Å². The zero-order valence-corrected chi connectivity index (χ0v) is 12.4. The molecule has 0 aliphatic heterocycles. The Labute approximate surface area is 123 Å². The summed E-state index contributed by atoms with van der Waals surface area (Å²) in [7, 11) is -3.68. The van der Waals surface area contributed by atoms with E-state index >= 15 is 0 Å². The van der Waals surface area contributed by atoms with E-state index in [0.29, 0.717) is 23.7 Å². The smallest absolute Gasteiger partial charge is 0.240 e. The van der Waals surface area contributed by atoms with Gasteiger partial charge in [0.1, 0.15) is 11.6 Å². The van der Waals surface area contributed by atoms with Crippen molar-refractivity contribution >= 4 is 10.0 Å². The number of hydrogen-bond donors (Lipinski definition) is 3. The molecule has 0 aliphatic carbocycles. The van der Waals surface area contributed by atoms with Crippen LogP contribution in [0.3, 0.4) is 0 Å². The van der Waals surface area contributed by atoms with E-state index in [-0.39, 0.29) is 18.0 Å². The first-order valence-corrected chi connectivity index (χ1v) is 7.89. The predicted molar refractivity (Wildman–Crippen MR) is 76.1 cm³/mol. The molecule has 1 heterocycles. The van der Waals surface area contributed by atoms with Crippen LogP contribution in [0.4, 0.5) is 0 Å². The third-order valence-electron chi connectivity index (χ3n) is 2.80. The lowest BCUT2D eigenvalue weighted by Crippen LogP contribution is -2.24. The van der Waals surface area contributed by atoms with Crippen molar-refractivity contribution in [2.24, 2.45) is 0 Å². The van der Waals surface area contributed by atoms with E-state index in [1.54, 1.807) is 12.4 Å². The van der Waals surface area contributed by atoms with E-state index in [0.717, 1.165) is 0 Å². The van der Waals surface area contributed by atoms with E-state index in [1.807, 2.05) is 6.92 Å². The van der Waals surface area contributed by atoms with Gasteiger partial charge in [-0.15, -0.1) is 0 Å². The van der Waals surface area contributed by atoms with Crippen LogP contribution >= 0.6 is 0 Å². The molecule has 1 aromatic heterocycles. The number of benzene rings is 1. The molecule has 1 aromatic carbocycles. The number of aromatic nitrogens is 2. The van der Waals surface area contributed by atoms with Crippen LogP contribution in [0.1, 0.15) is 18.3 Å². The molecule has 0 atom stereocenters. The van der Waals surface area contributed by atoms with Crippen molar-refractivity contribution < 1.29 is 18.3 Å². The number of rotatable bonds is 7. The number of aromatic amines is 1. The van der Waals surface area contributed by atoms with Gasteiger partial charge in [0.25, 0.3) is 0 Å². The average Bonchev–Trinajstić information content (AvgIpc) is 2.99. The molecule has 8 heteroatoms. The third-order valence-corrected chi connectivity index (χ3v) is 4.20. The number of nitrogens with one attached hydrogen (secondary N) is 2. The Morgan fingerprint density at radius 3 is 2.86 bits per heavy atom. The van der Waals surface area contributed by atoms with Crippen molar-refractivity contribution in [1.82, 2.24) is 14.7 Å². The van der Waals surface area contributed by atoms with E-state index in [2.05, 4.69) is 14.7 Å². The second-order valence-corrected chi connectivity index (χ2v) is 5.99. The Morgan fingerprint density at radius 1 is 1.43 bits per heavy atom. The number of ether oxygens (including phenoxy) is 1. The first-order chi connectivity index (χ1) is 10.1. The number of sulfonamides is 1. The summed E-state index contributed by atoms with van der Waals surface area (Å²) in [5.74, 6) is 0.997. The first kappa shape index (κ1) is 15.5. The SMILES string of the molecule is CCOc1ccc(S(=O)(=O)NCc2ncc[nH]2)cc1CO. The highest BCUT2D eigenvalue weighted by atomic mass is 32.2. The van der Waals surface area contributed by atoms with E-state index in [4.69, 9.17) is 4.74 Å². The largest absolute Gasteiger partial charge is 0.494 e. The molecule has 0 spiro atoms. The molecule has 0 saturated carbocycles. The highest BCUT2D eigenvalue weighted by Gasteiger charge is 2.16. The third kappa shape index (κ3) is 3.81. The highest BCUT2D eigenvalue weighted by molar-refractivity contribution is 7.89. The van der Waals surface area contributed by atoms with Gasteiger partial charge in [0.2, 0.25) is 10.0 Å². The van der Waals surface area contributed by atoms with Crippen LogP contribution in [0, 0.1) is 0 Å². The fraction of sp³-hybridized carbons (Fsp3) is 0.308. The lowest BCUT2D eigenvalue weighted by molar-refractivity contribution is 0.266. The maximum Gasteiger partial charge on any atom is 0.240 e. The number of aliphatic hydroxyl groups excluding tert-OH is 1. The molecule has 0 saturated heterocycles. The van der Waals surface area contributed by atoms with Crippen LogP contribution in [-0.4, -0.2) is 30.1 Å². The highest BCUT2D eigenvalue weighted by Crippen LogP contribution is 2.22. The topological polar surface area (TPSA) is 104 Å². The number of hydrogen-bond acceptors (Lipinski definition) is 5. The molecule has 0 aliphatic rings. The minimum absolute atomic E-state index is 0.0665. The summed E-state index contributed by atoms with van der Waals surface area (Å²) in [6.07, 6.45) is 3.16. The fourth-order valence-electron chi connectivity index (χ4n) is 1.78. The van der Waals surface area contributed by atoms with Gasteiger partial charge in [-0.3, -0.25) is 0 Å². The number of imidazole rings is 1. The van der Waals surface area contributed by atoms with Gasteiger partial charge in [0.15, 0.2) is 0 Å². The second kappa shape index (κ2) is 6.70. The lowest BCUT2D eigenvalue weighted by atomic mass is 10.2. The molecule has 2 aromatic rings. The summed E-state index contributed by atoms with van der Waals surface area (Å²) in [5, 5.41) is 9.31. The normalized spacial score (nSPS) is 11.5. The van der Waals surface area contributed by atoms with Crippen LogP contribution in [0.5, 0.6) is 5.75 Å². The Morgan fingerprint density at radius 2 is 2.24 bits per heavy atom. The maximum atomic E-state index is 12.2. The molecular weight excluding hydrogens is 294 g/mol. The van der Waals surface area contributed by atoms with Gasteiger partial charge in [0, 0.05) is 18.0 Å². The molecular formula is C13H17N3O4S. The van der Waals surface area contributed by atoms with Crippen molar-refractivity contribution in [1.29, 1.82) is 0 Å². The molecule has 0 amide bonds. The monoisotopic (exact) mass is 311 g/mol. The van der Waals surface area contributed by atoms with Crippen molar-refractivity contribution in [2.75, 3.05) is 6.61 Å². The number of aliphatic hydroxyl groups is 1. The molecule has 114 valence electrons. The van der Waals surface area contributed by atoms with Gasteiger partial charge in [-0.1, -0.05) is 0 Å². The van der Waals surface area contributed by atoms with Crippen molar-refractivity contribution in [2.45, 2.75) is 25.0 Å². The minimum Gasteiger partial charge on any atom is -0.494 e. The van der Waals surface area contributed by atoms with Gasteiger partial charge in [0.05, 0.1) is 24.7 Å². The Kier molecular flexibility index (Phi) is 4.94. The number of nitrogens with zero attached hydrogens (tertiary/aromatic N) is 1. The summed E-state index contributed by atoms with van der Waals surface area (Å²) >= 11 is 0. The maximum absolute atomic E-state index is 12.2. The Hall–Kier alpha value is -1.90. The van der Waals surface area contributed by atoms with Crippen molar-refractivity contribution in [3.63, 3.8) is 0 Å². The van der Waals surface area contributed by atoms with Crippen molar-refractivity contribution in [3.8, 4) is 5.75 Å². The fourth-order valence-corrected chi connectivity index (χ4v) is 2.82. The Bertz CT molecular complexity index is 683. The van der Waals surface area contributed by atoms with Gasteiger partial charge in [-0.2, -0.15) is 0 Å². The van der Waals surface area contributed by atoms with Crippen LogP contribution in [0.25, 0.3) is 0 Å². The standard InChI is InChI=1S/C13H17N3O4S/c1-2-20-12-4-3-11(7-10(12)9-17)21(18,19)16-8-13-14-5-6-15-13/h3-7,16-17H,2,8-9H2,1H3,(H,14,15). The molecule has 2 rings (SSSR count). The van der Waals surface area contributed by atoms with Gasteiger partial charge in [-0.05, 0) is 25.1 Å². The summed E-state index contributed by atoms with van der Waals surface area (Å²) in [6.45, 7) is 2.03. The van der Waals surface area contributed by atoms with Crippen LogP contribution in [0.2, 0.25) is 0 Å². The van der Waals surface area contributed by atoms with E-state index in [1.165, 1.54) is 18.2 Å². The zero-order valence-electron chi connectivity index (χ0n) is 11.5. The molecule has 21 heavy (non-hydrogen) atoms. The van der Waals surface area contributed by atoms with E-state index in [9.17, 15) is 13.5 Å². The lowest BCUT2D eigenvalue weighted by Gasteiger charge is -2.11. The summed E-state index contributed by atoms with van der Waals surface area (Å²) in [4.78, 5) is 6.83. The summed E-state index contributed by atoms with van der Waals surface area (Å²) < 4.78 is 32.1. The molecule has 0 fully saturated rings. The minimum atomic E-state index is -3.68. The van der Waals surface area contributed by atoms with Crippen molar-refractivity contribution in [3.05, 3.63) is 42.0 Å². The number of H-pyrrole nitrogens is 1. The average molecular weight is 311 g/mol. The van der Waals surface area contributed by atoms with Gasteiger partial charge < -0.3 is 14.8 Å². The molecule has 0 radical (unpaired) electrons. The first-order valence-electron chi connectivity index (χ1n) is 6.41. The predicted octanol–water partition coefficient (Wildman–Crippen LogP) is 0.779. The zero-order chi connectivity index (χ0) is 15.3. The quantitative estimate of drug-likeness (QED) is 0.701. The molecule has 7 nitrogen and oxygen atoms in total. The van der Waals surface area contributed by atoms with Crippen LogP contribution in [-0.2, 0) is 23.2 Å². The summed E-state index contributed by atoms with van der Waals surface area (Å²) in [6, 6.07) is 4.38. The van der Waals surface area contributed by atoms with E-state index < -0.39 is 10.0 Å². The van der Waals surface area contributed by atoms with Crippen LogP contribution < -0.4 is 9.46 Å². The molecule has 0 bridgehead atoms. The van der Waals surface area contributed by atoms with Crippen LogP contribution in [0.15, 0.2) is 35.5 Å². The Balaban J connectivity index is 2.19.